The fraction of sp³-hybridized carbons (Fsp3) is 0.650. The van der Waals surface area contributed by atoms with Crippen LogP contribution in [0.4, 0.5) is 0 Å². The smallest absolute Gasteiger partial charge is 0.0994 e. The van der Waals surface area contributed by atoms with E-state index < -0.39 is 0 Å². The van der Waals surface area contributed by atoms with Crippen molar-refractivity contribution in [2.24, 2.45) is 0 Å². The van der Waals surface area contributed by atoms with Crippen LogP contribution in [-0.2, 0) is 0 Å². The van der Waals surface area contributed by atoms with Crippen LogP contribution in [-0.4, -0.2) is 0 Å². The number of hydrogen-bond acceptors (Lipinski definition) is 1. The molecule has 1 saturated carbocycles. The van der Waals surface area contributed by atoms with Crippen molar-refractivity contribution in [2.45, 2.75) is 83.5 Å². The summed E-state index contributed by atoms with van der Waals surface area (Å²) >= 11 is 0. The molecule has 1 aromatic rings. The van der Waals surface area contributed by atoms with Crippen LogP contribution in [0.25, 0.3) is 0 Å². The van der Waals surface area contributed by atoms with E-state index in [1.807, 2.05) is 6.07 Å². The average molecular weight is 283 g/mol. The molecule has 0 aromatic heterocycles. The maximum atomic E-state index is 9.57. The fourth-order valence-electron chi connectivity index (χ4n) is 4.04. The first-order valence-electron chi connectivity index (χ1n) is 8.84. The highest BCUT2D eigenvalue weighted by molar-refractivity contribution is 5.46. The molecule has 0 N–H and O–H groups in total. The molecule has 1 nitrogen and oxygen atoms in total. The van der Waals surface area contributed by atoms with Crippen LogP contribution in [0, 0.1) is 11.3 Å². The van der Waals surface area contributed by atoms with Crippen molar-refractivity contribution in [1.82, 2.24) is 0 Å². The Morgan fingerprint density at radius 2 is 1.76 bits per heavy atom. The molecule has 0 atom stereocenters. The Hall–Kier alpha value is -1.29. The summed E-state index contributed by atoms with van der Waals surface area (Å²) in [6.07, 6.45) is 11.5. The average Bonchev–Trinajstić information content (AvgIpc) is 2.54. The molecule has 0 bridgehead atoms. The normalized spacial score (nSPS) is 16.1. The third-order valence-electron chi connectivity index (χ3n) is 4.99. The minimum atomic E-state index is 0.626. The predicted octanol–water partition coefficient (Wildman–Crippen LogP) is 6.29. The summed E-state index contributed by atoms with van der Waals surface area (Å²) in [5.74, 6) is 1.27. The fourth-order valence-corrected chi connectivity index (χ4v) is 4.04. The summed E-state index contributed by atoms with van der Waals surface area (Å²) in [6.45, 7) is 4.55. The Bertz CT molecular complexity index is 471. The van der Waals surface area contributed by atoms with E-state index in [4.69, 9.17) is 0 Å². The highest BCUT2D eigenvalue weighted by atomic mass is 14.3. The highest BCUT2D eigenvalue weighted by Crippen LogP contribution is 2.40. The number of benzene rings is 1. The molecule has 1 aliphatic carbocycles. The van der Waals surface area contributed by atoms with E-state index in [0.29, 0.717) is 11.8 Å². The first kappa shape index (κ1) is 16.1. The zero-order valence-corrected chi connectivity index (χ0v) is 13.7. The SMILES string of the molecule is CCCC(CCC)c1cccc(C#N)c1C1CCCCC1. The van der Waals surface area contributed by atoms with Gasteiger partial charge in [-0.3, -0.25) is 0 Å². The molecule has 2 rings (SSSR count). The monoisotopic (exact) mass is 283 g/mol. The van der Waals surface area contributed by atoms with E-state index in [-0.39, 0.29) is 0 Å². The van der Waals surface area contributed by atoms with Gasteiger partial charge in [-0.15, -0.1) is 0 Å². The number of rotatable bonds is 6. The van der Waals surface area contributed by atoms with Gasteiger partial charge in [-0.25, -0.2) is 0 Å². The summed E-state index contributed by atoms with van der Waals surface area (Å²) in [7, 11) is 0. The highest BCUT2D eigenvalue weighted by Gasteiger charge is 2.24. The van der Waals surface area contributed by atoms with Crippen LogP contribution < -0.4 is 0 Å². The quantitative estimate of drug-likeness (QED) is 0.602. The van der Waals surface area contributed by atoms with Crippen molar-refractivity contribution in [3.8, 4) is 6.07 Å². The molecule has 0 radical (unpaired) electrons. The number of nitrogens with zero attached hydrogens (tertiary/aromatic N) is 1. The van der Waals surface area contributed by atoms with Gasteiger partial charge >= 0.3 is 0 Å². The molecule has 0 spiro atoms. The lowest BCUT2D eigenvalue weighted by Gasteiger charge is -2.28. The van der Waals surface area contributed by atoms with E-state index in [9.17, 15) is 5.26 Å². The number of nitriles is 1. The van der Waals surface area contributed by atoms with Crippen molar-refractivity contribution in [2.75, 3.05) is 0 Å². The van der Waals surface area contributed by atoms with Crippen molar-refractivity contribution >= 4 is 0 Å². The topological polar surface area (TPSA) is 23.8 Å². The molecule has 1 aliphatic rings. The molecule has 0 heterocycles. The Kier molecular flexibility index (Phi) is 6.30. The molecule has 1 aromatic carbocycles. The molecule has 0 saturated heterocycles. The van der Waals surface area contributed by atoms with Gasteiger partial charge in [0.2, 0.25) is 0 Å². The lowest BCUT2D eigenvalue weighted by Crippen LogP contribution is -2.12. The first-order valence-corrected chi connectivity index (χ1v) is 8.84. The van der Waals surface area contributed by atoms with Gasteiger partial charge in [0.15, 0.2) is 0 Å². The van der Waals surface area contributed by atoms with Gasteiger partial charge in [0.25, 0.3) is 0 Å². The Morgan fingerprint density at radius 1 is 1.10 bits per heavy atom. The van der Waals surface area contributed by atoms with Crippen LogP contribution in [0.15, 0.2) is 18.2 Å². The third-order valence-corrected chi connectivity index (χ3v) is 4.99. The molecule has 1 heteroatoms. The maximum absolute atomic E-state index is 9.57. The van der Waals surface area contributed by atoms with E-state index >= 15 is 0 Å². The van der Waals surface area contributed by atoms with Crippen LogP contribution in [0.2, 0.25) is 0 Å². The standard InChI is InChI=1S/C20H29N/c1-3-9-16(10-4-2)19-14-8-13-18(15-21)20(19)17-11-6-5-7-12-17/h8,13-14,16-17H,3-7,9-12H2,1-2H3. The van der Waals surface area contributed by atoms with Crippen LogP contribution >= 0.6 is 0 Å². The second kappa shape index (κ2) is 8.23. The van der Waals surface area contributed by atoms with Crippen LogP contribution in [0.3, 0.4) is 0 Å². The van der Waals surface area contributed by atoms with Crippen molar-refractivity contribution in [3.05, 3.63) is 34.9 Å². The van der Waals surface area contributed by atoms with E-state index in [1.165, 1.54) is 68.9 Å². The Morgan fingerprint density at radius 3 is 2.33 bits per heavy atom. The number of hydrogen-bond donors (Lipinski definition) is 0. The maximum Gasteiger partial charge on any atom is 0.0994 e. The van der Waals surface area contributed by atoms with Gasteiger partial charge in [-0.2, -0.15) is 5.26 Å². The van der Waals surface area contributed by atoms with E-state index in [2.05, 4.69) is 32.0 Å². The molecular weight excluding hydrogens is 254 g/mol. The molecule has 0 unspecified atom stereocenters. The third kappa shape index (κ3) is 3.88. The van der Waals surface area contributed by atoms with E-state index in [0.717, 1.165) is 5.56 Å². The Labute approximate surface area is 130 Å². The largest absolute Gasteiger partial charge is 0.192 e. The van der Waals surface area contributed by atoms with Crippen LogP contribution in [0.1, 0.15) is 100 Å². The van der Waals surface area contributed by atoms with Gasteiger partial charge in [0.05, 0.1) is 11.6 Å². The minimum Gasteiger partial charge on any atom is -0.192 e. The van der Waals surface area contributed by atoms with Crippen LogP contribution in [0.5, 0.6) is 0 Å². The molecule has 1 fully saturated rings. The second-order valence-corrected chi connectivity index (χ2v) is 6.53. The van der Waals surface area contributed by atoms with Gasteiger partial charge in [-0.05, 0) is 54.7 Å². The summed E-state index contributed by atoms with van der Waals surface area (Å²) in [4.78, 5) is 0. The summed E-state index contributed by atoms with van der Waals surface area (Å²) in [6, 6.07) is 8.90. The lowest BCUT2D eigenvalue weighted by atomic mass is 9.76. The molecular formula is C20H29N. The predicted molar refractivity (Wildman–Crippen MR) is 89.5 cm³/mol. The summed E-state index contributed by atoms with van der Waals surface area (Å²) in [5, 5.41) is 9.57. The van der Waals surface area contributed by atoms with Crippen molar-refractivity contribution in [1.29, 1.82) is 5.26 Å². The lowest BCUT2D eigenvalue weighted by molar-refractivity contribution is 0.436. The summed E-state index contributed by atoms with van der Waals surface area (Å²) in [5.41, 5.74) is 3.84. The second-order valence-electron chi connectivity index (χ2n) is 6.53. The van der Waals surface area contributed by atoms with Gasteiger partial charge in [0, 0.05) is 0 Å². The van der Waals surface area contributed by atoms with E-state index in [1.54, 1.807) is 0 Å². The zero-order chi connectivity index (χ0) is 15.1. The molecule has 21 heavy (non-hydrogen) atoms. The van der Waals surface area contributed by atoms with Gasteiger partial charge < -0.3 is 0 Å². The van der Waals surface area contributed by atoms with Gasteiger partial charge in [-0.1, -0.05) is 58.1 Å². The molecule has 0 aliphatic heterocycles. The zero-order valence-electron chi connectivity index (χ0n) is 13.7. The van der Waals surface area contributed by atoms with Crippen molar-refractivity contribution in [3.63, 3.8) is 0 Å². The minimum absolute atomic E-state index is 0.626. The first-order chi connectivity index (χ1) is 10.3. The van der Waals surface area contributed by atoms with Gasteiger partial charge in [0.1, 0.15) is 0 Å². The Balaban J connectivity index is 2.41. The van der Waals surface area contributed by atoms with Crippen molar-refractivity contribution < 1.29 is 0 Å². The molecule has 114 valence electrons. The summed E-state index contributed by atoms with van der Waals surface area (Å²) < 4.78 is 0. The molecule has 0 amide bonds.